The number of halogens is 1. The predicted octanol–water partition coefficient (Wildman–Crippen LogP) is 4.33. The Bertz CT molecular complexity index is 1200. The van der Waals surface area contributed by atoms with Gasteiger partial charge in [0.1, 0.15) is 10.8 Å². The van der Waals surface area contributed by atoms with E-state index in [1.54, 1.807) is 6.20 Å². The van der Waals surface area contributed by atoms with Gasteiger partial charge in [0.2, 0.25) is 0 Å². The number of aryl methyl sites for hydroxylation is 1. The van der Waals surface area contributed by atoms with Crippen LogP contribution in [0.2, 0.25) is 5.15 Å². The number of aromatic amines is 1. The summed E-state index contributed by atoms with van der Waals surface area (Å²) in [5, 5.41) is 4.18. The van der Waals surface area contributed by atoms with E-state index >= 15 is 0 Å². The van der Waals surface area contributed by atoms with E-state index in [0.29, 0.717) is 22.7 Å². The van der Waals surface area contributed by atoms with E-state index in [-0.39, 0.29) is 5.43 Å². The largest absolute Gasteiger partial charge is 0.346 e. The maximum Gasteiger partial charge on any atom is 0.191 e. The van der Waals surface area contributed by atoms with Gasteiger partial charge in [-0.15, -0.1) is 0 Å². The Morgan fingerprint density at radius 3 is 2.57 bits per heavy atom. The highest BCUT2D eigenvalue weighted by atomic mass is 35.5. The van der Waals surface area contributed by atoms with Crippen LogP contribution in [-0.4, -0.2) is 22.0 Å². The van der Waals surface area contributed by atoms with Gasteiger partial charge in [0.15, 0.2) is 5.43 Å². The van der Waals surface area contributed by atoms with E-state index in [2.05, 4.69) is 15.3 Å². The van der Waals surface area contributed by atoms with Gasteiger partial charge >= 0.3 is 0 Å². The zero-order valence-corrected chi connectivity index (χ0v) is 16.3. The summed E-state index contributed by atoms with van der Waals surface area (Å²) >= 11 is 6.26. The molecule has 1 aromatic carbocycles. The first-order valence-corrected chi connectivity index (χ1v) is 9.35. The molecule has 0 aliphatic rings. The number of benzene rings is 1. The molecule has 2 N–H and O–H groups in total. The molecule has 4 rings (SSSR count). The van der Waals surface area contributed by atoms with E-state index in [0.717, 1.165) is 33.6 Å². The van der Waals surface area contributed by atoms with Crippen molar-refractivity contribution in [1.29, 1.82) is 0 Å². The molecule has 0 radical (unpaired) electrons. The molecule has 0 spiro atoms. The summed E-state index contributed by atoms with van der Waals surface area (Å²) in [7, 11) is 1.86. The number of fused-ring (bicyclic) bond motifs is 1. The van der Waals surface area contributed by atoms with Gasteiger partial charge < -0.3 is 10.3 Å². The summed E-state index contributed by atoms with van der Waals surface area (Å²) in [6, 6.07) is 15.3. The lowest BCUT2D eigenvalue weighted by Gasteiger charge is -2.18. The number of nitrogens with one attached hydrogen (secondary N) is 2. The van der Waals surface area contributed by atoms with Crippen LogP contribution in [-0.2, 0) is 6.54 Å². The zero-order chi connectivity index (χ0) is 19.7. The van der Waals surface area contributed by atoms with Crippen molar-refractivity contribution < 1.29 is 0 Å². The summed E-state index contributed by atoms with van der Waals surface area (Å²) in [5.74, 6) is 0. The average molecular weight is 391 g/mol. The number of hydrogen-bond donors (Lipinski definition) is 2. The van der Waals surface area contributed by atoms with Crippen LogP contribution in [0.3, 0.4) is 0 Å². The van der Waals surface area contributed by atoms with Crippen molar-refractivity contribution in [2.75, 3.05) is 7.05 Å². The molecule has 0 atom stereocenters. The van der Waals surface area contributed by atoms with Crippen molar-refractivity contribution in [2.45, 2.75) is 13.5 Å². The van der Waals surface area contributed by atoms with Crippen LogP contribution < -0.4 is 10.7 Å². The van der Waals surface area contributed by atoms with Gasteiger partial charge in [0, 0.05) is 35.6 Å². The van der Waals surface area contributed by atoms with E-state index in [1.807, 2.05) is 56.4 Å². The molecule has 0 aliphatic carbocycles. The van der Waals surface area contributed by atoms with Crippen molar-refractivity contribution in [2.24, 2.45) is 0 Å². The molecule has 0 bridgehead atoms. The monoisotopic (exact) mass is 390 g/mol. The van der Waals surface area contributed by atoms with Gasteiger partial charge in [-0.3, -0.25) is 4.79 Å². The highest BCUT2D eigenvalue weighted by molar-refractivity contribution is 6.29. The molecule has 0 saturated heterocycles. The van der Waals surface area contributed by atoms with Gasteiger partial charge in [-0.1, -0.05) is 41.9 Å². The molecule has 0 fully saturated rings. The third kappa shape index (κ3) is 3.30. The maximum absolute atomic E-state index is 12.7. The SMILES string of the molecule is CNCc1c(-c2cc(C)nc(Cl)c2)c(-c2ccccc2)nc2[nH]ccc(=O)c12. The third-order valence-electron chi connectivity index (χ3n) is 4.61. The molecule has 28 heavy (non-hydrogen) atoms. The second kappa shape index (κ2) is 7.54. The molecular formula is C22H19ClN4O. The molecule has 0 amide bonds. The number of pyridine rings is 3. The fourth-order valence-corrected chi connectivity index (χ4v) is 3.78. The van der Waals surface area contributed by atoms with Crippen LogP contribution >= 0.6 is 11.6 Å². The van der Waals surface area contributed by atoms with Gasteiger partial charge in [-0.2, -0.15) is 0 Å². The molecule has 6 heteroatoms. The maximum atomic E-state index is 12.7. The van der Waals surface area contributed by atoms with Crippen LogP contribution in [0.5, 0.6) is 0 Å². The summed E-state index contributed by atoms with van der Waals surface area (Å²) in [4.78, 5) is 25.0. The van der Waals surface area contributed by atoms with Crippen LogP contribution in [0.15, 0.2) is 59.5 Å². The Morgan fingerprint density at radius 2 is 1.86 bits per heavy atom. The molecule has 140 valence electrons. The zero-order valence-electron chi connectivity index (χ0n) is 15.6. The first-order chi connectivity index (χ1) is 13.6. The molecule has 4 aromatic rings. The van der Waals surface area contributed by atoms with Gasteiger partial charge in [0.05, 0.1) is 11.1 Å². The topological polar surface area (TPSA) is 70.7 Å². The summed E-state index contributed by atoms with van der Waals surface area (Å²) in [5.41, 5.74) is 5.72. The lowest BCUT2D eigenvalue weighted by atomic mass is 9.92. The van der Waals surface area contributed by atoms with Crippen molar-refractivity contribution >= 4 is 22.6 Å². The minimum absolute atomic E-state index is 0.0655. The van der Waals surface area contributed by atoms with Crippen LogP contribution in [0.25, 0.3) is 33.4 Å². The molecule has 0 aliphatic heterocycles. The minimum atomic E-state index is -0.0655. The number of rotatable bonds is 4. The molecule has 3 aromatic heterocycles. The number of nitrogens with zero attached hydrogens (tertiary/aromatic N) is 2. The Labute approximate surface area is 167 Å². The van der Waals surface area contributed by atoms with Crippen molar-refractivity contribution in [1.82, 2.24) is 20.3 Å². The fraction of sp³-hybridized carbons (Fsp3) is 0.136. The van der Waals surface area contributed by atoms with Gasteiger partial charge in [-0.25, -0.2) is 9.97 Å². The van der Waals surface area contributed by atoms with E-state index < -0.39 is 0 Å². The van der Waals surface area contributed by atoms with Crippen LogP contribution in [0.4, 0.5) is 0 Å². The number of H-pyrrole nitrogens is 1. The highest BCUT2D eigenvalue weighted by Crippen LogP contribution is 2.37. The quantitative estimate of drug-likeness (QED) is 0.509. The lowest BCUT2D eigenvalue weighted by molar-refractivity contribution is 0.823. The molecule has 0 unspecified atom stereocenters. The Morgan fingerprint density at radius 1 is 1.07 bits per heavy atom. The summed E-state index contributed by atoms with van der Waals surface area (Å²) in [6.45, 7) is 2.41. The summed E-state index contributed by atoms with van der Waals surface area (Å²) < 4.78 is 0. The van der Waals surface area contributed by atoms with Crippen molar-refractivity contribution in [3.8, 4) is 22.4 Å². The second-order valence-electron chi connectivity index (χ2n) is 6.60. The van der Waals surface area contributed by atoms with Crippen molar-refractivity contribution in [3.63, 3.8) is 0 Å². The third-order valence-corrected chi connectivity index (χ3v) is 4.81. The standard InChI is InChI=1S/C22H19ClN4O/c1-13-10-15(11-18(23)26-13)19-16(12-24-2)20-17(28)8-9-25-22(20)27-21(19)14-6-4-3-5-7-14/h3-11,24H,12H2,1-2H3,(H,25,27,28). The van der Waals surface area contributed by atoms with E-state index in [4.69, 9.17) is 16.6 Å². The average Bonchev–Trinajstić information content (AvgIpc) is 2.68. The fourth-order valence-electron chi connectivity index (χ4n) is 3.53. The van der Waals surface area contributed by atoms with Gasteiger partial charge in [0.25, 0.3) is 0 Å². The van der Waals surface area contributed by atoms with Crippen LogP contribution in [0.1, 0.15) is 11.3 Å². The van der Waals surface area contributed by atoms with E-state index in [9.17, 15) is 4.79 Å². The number of hydrogen-bond acceptors (Lipinski definition) is 4. The smallest absolute Gasteiger partial charge is 0.191 e. The minimum Gasteiger partial charge on any atom is -0.346 e. The first-order valence-electron chi connectivity index (χ1n) is 8.97. The van der Waals surface area contributed by atoms with Crippen LogP contribution in [0, 0.1) is 6.92 Å². The number of aromatic nitrogens is 3. The molecule has 0 saturated carbocycles. The van der Waals surface area contributed by atoms with Crippen molar-refractivity contribution in [3.05, 3.63) is 81.4 Å². The molecule has 3 heterocycles. The highest BCUT2D eigenvalue weighted by Gasteiger charge is 2.20. The Kier molecular flexibility index (Phi) is 4.94. The predicted molar refractivity (Wildman–Crippen MR) is 114 cm³/mol. The molecule has 5 nitrogen and oxygen atoms in total. The van der Waals surface area contributed by atoms with Gasteiger partial charge in [-0.05, 0) is 37.2 Å². The first kappa shape index (κ1) is 18.3. The second-order valence-corrected chi connectivity index (χ2v) is 6.98. The Balaban J connectivity index is 2.19. The lowest BCUT2D eigenvalue weighted by Crippen LogP contribution is -2.14. The summed E-state index contributed by atoms with van der Waals surface area (Å²) in [6.07, 6.45) is 1.63. The Hall–Kier alpha value is -3.02. The van der Waals surface area contributed by atoms with E-state index in [1.165, 1.54) is 6.07 Å². The normalized spacial score (nSPS) is 11.1. The molecular weight excluding hydrogens is 372 g/mol.